The number of rotatable bonds is 4. The molecule has 0 radical (unpaired) electrons. The van der Waals surface area contributed by atoms with E-state index in [0.29, 0.717) is 5.82 Å². The number of nitrogen functional groups attached to an aromatic ring is 1. The number of hydrogen-bond donors (Lipinski definition) is 1. The summed E-state index contributed by atoms with van der Waals surface area (Å²) in [5.41, 5.74) is 6.44. The van der Waals surface area contributed by atoms with E-state index in [4.69, 9.17) is 24.5 Å². The van der Waals surface area contributed by atoms with E-state index in [1.165, 1.54) is 0 Å². The zero-order valence-electron chi connectivity index (χ0n) is 13.5. The van der Waals surface area contributed by atoms with E-state index in [1.807, 2.05) is 27.7 Å². The third kappa shape index (κ3) is 2.92. The Balaban J connectivity index is 2.41. The van der Waals surface area contributed by atoms with Gasteiger partial charge in [0.05, 0.1) is 11.2 Å². The van der Waals surface area contributed by atoms with Crippen molar-refractivity contribution >= 4 is 18.4 Å². The fraction of sp³-hybridized carbons (Fsp3) is 0.643. The second-order valence-electron chi connectivity index (χ2n) is 6.13. The van der Waals surface area contributed by atoms with E-state index in [0.717, 1.165) is 11.0 Å². The third-order valence-electron chi connectivity index (χ3n) is 4.18. The van der Waals surface area contributed by atoms with Crippen LogP contribution in [0, 0.1) is 0 Å². The fourth-order valence-corrected chi connectivity index (χ4v) is 2.22. The van der Waals surface area contributed by atoms with Gasteiger partial charge in [0.2, 0.25) is 0 Å². The molecule has 7 heteroatoms. The molecule has 116 valence electrons. The topological polar surface area (TPSA) is 75.8 Å². The van der Waals surface area contributed by atoms with Crippen LogP contribution in [0.1, 0.15) is 39.5 Å². The minimum Gasteiger partial charge on any atom is -0.399 e. The summed E-state index contributed by atoms with van der Waals surface area (Å²) in [6.45, 7) is 8.01. The van der Waals surface area contributed by atoms with E-state index in [-0.39, 0.29) is 0 Å². The second kappa shape index (κ2) is 5.57. The molecule has 1 fully saturated rings. The Hall–Kier alpha value is -1.15. The lowest BCUT2D eigenvalue weighted by atomic mass is 9.77. The molecule has 2 N–H and O–H groups in total. The van der Waals surface area contributed by atoms with Gasteiger partial charge in [-0.2, -0.15) is 0 Å². The molecule has 6 nitrogen and oxygen atoms in total. The van der Waals surface area contributed by atoms with Gasteiger partial charge in [-0.15, -0.1) is 0 Å². The Morgan fingerprint density at radius 2 is 1.67 bits per heavy atom. The number of ether oxygens (including phenoxy) is 2. The lowest BCUT2D eigenvalue weighted by Crippen LogP contribution is -2.41. The number of pyridine rings is 1. The van der Waals surface area contributed by atoms with Crippen LogP contribution in [0.5, 0.6) is 0 Å². The van der Waals surface area contributed by atoms with E-state index in [1.54, 1.807) is 26.5 Å². The van der Waals surface area contributed by atoms with Crippen molar-refractivity contribution in [2.24, 2.45) is 0 Å². The van der Waals surface area contributed by atoms with Gasteiger partial charge < -0.3 is 24.5 Å². The molecule has 2 heterocycles. The summed E-state index contributed by atoms with van der Waals surface area (Å²) in [5, 5.41) is 0. The van der Waals surface area contributed by atoms with Gasteiger partial charge in [-0.1, -0.05) is 0 Å². The molecular weight excluding hydrogens is 271 g/mol. The lowest BCUT2D eigenvalue weighted by Gasteiger charge is -2.32. The van der Waals surface area contributed by atoms with E-state index in [2.05, 4.69) is 4.98 Å². The molecule has 0 atom stereocenters. The van der Waals surface area contributed by atoms with Crippen LogP contribution in [0.2, 0.25) is 0 Å². The van der Waals surface area contributed by atoms with E-state index >= 15 is 0 Å². The van der Waals surface area contributed by atoms with Gasteiger partial charge in [0.25, 0.3) is 0 Å². The standard InChI is InChI=1S/C14H23BN2O4/c1-13(2)14(3,4)21-15(20-13)10-8-17-11(16)7-9(10)12(18-5)19-6/h7-8,12H,1-6H3,(H2,16,17). The molecule has 0 amide bonds. The number of methoxy groups -OCH3 is 2. The summed E-state index contributed by atoms with van der Waals surface area (Å²) in [4.78, 5) is 4.14. The van der Waals surface area contributed by atoms with Crippen LogP contribution >= 0.6 is 0 Å². The number of aromatic nitrogens is 1. The highest BCUT2D eigenvalue weighted by Crippen LogP contribution is 2.37. The highest BCUT2D eigenvalue weighted by atomic mass is 16.7. The molecule has 0 aliphatic carbocycles. The molecule has 0 unspecified atom stereocenters. The molecule has 1 aliphatic heterocycles. The van der Waals surface area contributed by atoms with E-state index in [9.17, 15) is 0 Å². The van der Waals surface area contributed by atoms with Crippen molar-refractivity contribution in [3.8, 4) is 0 Å². The number of nitrogens with zero attached hydrogens (tertiary/aromatic N) is 1. The van der Waals surface area contributed by atoms with Crippen LogP contribution in [-0.2, 0) is 18.8 Å². The maximum Gasteiger partial charge on any atom is 0.496 e. The van der Waals surface area contributed by atoms with E-state index < -0.39 is 24.6 Å². The first-order valence-electron chi connectivity index (χ1n) is 6.88. The molecule has 0 saturated carbocycles. The largest absolute Gasteiger partial charge is 0.496 e. The predicted molar refractivity (Wildman–Crippen MR) is 81.1 cm³/mol. The smallest absolute Gasteiger partial charge is 0.399 e. The zero-order chi connectivity index (χ0) is 15.8. The lowest BCUT2D eigenvalue weighted by molar-refractivity contribution is -0.105. The number of anilines is 1. The first-order chi connectivity index (χ1) is 9.71. The van der Waals surface area contributed by atoms with Crippen LogP contribution in [0.15, 0.2) is 12.3 Å². The number of hydrogen-bond acceptors (Lipinski definition) is 6. The first kappa shape index (κ1) is 16.2. The van der Waals surface area contributed by atoms with Crippen molar-refractivity contribution in [3.63, 3.8) is 0 Å². The monoisotopic (exact) mass is 294 g/mol. The Morgan fingerprint density at radius 1 is 1.14 bits per heavy atom. The molecule has 0 spiro atoms. The summed E-state index contributed by atoms with van der Waals surface area (Å²) in [7, 11) is 2.60. The maximum absolute atomic E-state index is 6.06. The predicted octanol–water partition coefficient (Wildman–Crippen LogP) is 1.25. The van der Waals surface area contributed by atoms with Crippen LogP contribution in [0.25, 0.3) is 0 Å². The van der Waals surface area contributed by atoms with Crippen LogP contribution in [0.4, 0.5) is 5.82 Å². The normalized spacial score (nSPS) is 20.2. The van der Waals surface area contributed by atoms with Gasteiger partial charge in [0.15, 0.2) is 6.29 Å². The molecule has 0 bridgehead atoms. The van der Waals surface area contributed by atoms with Crippen molar-refractivity contribution in [1.29, 1.82) is 0 Å². The fourth-order valence-electron chi connectivity index (χ4n) is 2.22. The molecule has 1 saturated heterocycles. The molecule has 21 heavy (non-hydrogen) atoms. The zero-order valence-corrected chi connectivity index (χ0v) is 13.5. The van der Waals surface area contributed by atoms with Crippen molar-refractivity contribution in [3.05, 3.63) is 17.8 Å². The van der Waals surface area contributed by atoms with Crippen LogP contribution in [0.3, 0.4) is 0 Å². The average molecular weight is 294 g/mol. The first-order valence-corrected chi connectivity index (χ1v) is 6.88. The van der Waals surface area contributed by atoms with Gasteiger partial charge in [-0.3, -0.25) is 0 Å². The molecule has 1 aliphatic rings. The van der Waals surface area contributed by atoms with Gasteiger partial charge in [-0.25, -0.2) is 4.98 Å². The van der Waals surface area contributed by atoms with Gasteiger partial charge in [0, 0.05) is 31.4 Å². The summed E-state index contributed by atoms with van der Waals surface area (Å²) >= 11 is 0. The quantitative estimate of drug-likeness (QED) is 0.665. The maximum atomic E-state index is 6.06. The van der Waals surface area contributed by atoms with Crippen molar-refractivity contribution in [2.75, 3.05) is 20.0 Å². The van der Waals surface area contributed by atoms with Gasteiger partial charge in [0.1, 0.15) is 5.82 Å². The third-order valence-corrected chi connectivity index (χ3v) is 4.18. The summed E-state index contributed by atoms with van der Waals surface area (Å²) in [6, 6.07) is 1.72. The van der Waals surface area contributed by atoms with Crippen molar-refractivity contribution in [1.82, 2.24) is 4.98 Å². The molecule has 1 aromatic rings. The second-order valence-corrected chi connectivity index (χ2v) is 6.13. The molecule has 0 aromatic carbocycles. The van der Waals surface area contributed by atoms with Crippen LogP contribution < -0.4 is 11.2 Å². The van der Waals surface area contributed by atoms with Gasteiger partial charge >= 0.3 is 7.12 Å². The minimum absolute atomic E-state index is 0.393. The summed E-state index contributed by atoms with van der Waals surface area (Å²) in [5.74, 6) is 0.393. The highest BCUT2D eigenvalue weighted by Gasteiger charge is 2.52. The number of nitrogens with two attached hydrogens (primary N) is 1. The average Bonchev–Trinajstić information content (AvgIpc) is 2.60. The summed E-state index contributed by atoms with van der Waals surface area (Å²) in [6.07, 6.45) is 1.10. The van der Waals surface area contributed by atoms with Crippen LogP contribution in [-0.4, -0.2) is 37.5 Å². The molecule has 2 rings (SSSR count). The Labute approximate surface area is 126 Å². The molecule has 1 aromatic heterocycles. The Bertz CT molecular complexity index is 502. The Morgan fingerprint density at radius 3 is 2.14 bits per heavy atom. The van der Waals surface area contributed by atoms with Gasteiger partial charge in [-0.05, 0) is 33.8 Å². The van der Waals surface area contributed by atoms with Crippen molar-refractivity contribution < 1.29 is 18.8 Å². The highest BCUT2D eigenvalue weighted by molar-refractivity contribution is 6.62. The SMILES string of the molecule is COC(OC)c1cc(N)ncc1B1OC(C)(C)C(C)(C)O1. The Kier molecular flexibility index (Phi) is 4.30. The van der Waals surface area contributed by atoms with Crippen molar-refractivity contribution in [2.45, 2.75) is 45.2 Å². The minimum atomic E-state index is -0.552. The molecular formula is C14H23BN2O4. The summed E-state index contributed by atoms with van der Waals surface area (Å²) < 4.78 is 22.8.